The highest BCUT2D eigenvalue weighted by molar-refractivity contribution is 6.06. The molecule has 0 aliphatic rings. The number of carbonyl (C=O) groups is 2. The molecule has 164 valence electrons. The van der Waals surface area contributed by atoms with E-state index in [0.29, 0.717) is 28.3 Å². The molecule has 0 saturated carbocycles. The summed E-state index contributed by atoms with van der Waals surface area (Å²) >= 11 is 0. The number of hydrogen-bond acceptors (Lipinski definition) is 5. The molecule has 9 heteroatoms. The van der Waals surface area contributed by atoms with Gasteiger partial charge in [-0.3, -0.25) is 14.3 Å². The lowest BCUT2D eigenvalue weighted by atomic mass is 10.1. The van der Waals surface area contributed by atoms with Crippen molar-refractivity contribution in [1.82, 2.24) is 14.7 Å². The summed E-state index contributed by atoms with van der Waals surface area (Å²) in [7, 11) is 4.84. The van der Waals surface area contributed by atoms with Gasteiger partial charge in [0.2, 0.25) is 0 Å². The topological polar surface area (TPSA) is 89.6 Å². The van der Waals surface area contributed by atoms with Crippen LogP contribution in [0.2, 0.25) is 0 Å². The molecular formula is C23H21FN4O4. The zero-order chi connectivity index (χ0) is 23.0. The summed E-state index contributed by atoms with van der Waals surface area (Å²) in [4.78, 5) is 26.1. The van der Waals surface area contributed by atoms with Crippen molar-refractivity contribution in [1.29, 1.82) is 0 Å². The van der Waals surface area contributed by atoms with Crippen molar-refractivity contribution in [2.24, 2.45) is 7.05 Å². The van der Waals surface area contributed by atoms with Gasteiger partial charge in [-0.2, -0.15) is 5.10 Å². The average molecular weight is 436 g/mol. The molecule has 2 heterocycles. The number of fused-ring (bicyclic) bond motifs is 1. The van der Waals surface area contributed by atoms with Crippen LogP contribution in [-0.2, 0) is 7.05 Å². The number of aryl methyl sites for hydroxylation is 2. The standard InChI is InChI=1S/C23H21FN4O4/c1-13-9-17-19(31-13)10-14(22(29)25-21-7-8-28(4)26-21)11-20(17)32-15-5-6-16(18(24)12-15)23(30)27(2)3/h5-12H,1-4H3,(H,25,26,29). The van der Waals surface area contributed by atoms with Crippen LogP contribution in [0.3, 0.4) is 0 Å². The Labute approximate surface area is 183 Å². The molecule has 2 aromatic carbocycles. The molecule has 4 rings (SSSR count). The zero-order valence-electron chi connectivity index (χ0n) is 18.0. The fourth-order valence-corrected chi connectivity index (χ4v) is 3.22. The summed E-state index contributed by atoms with van der Waals surface area (Å²) in [5.74, 6) is -0.0245. The van der Waals surface area contributed by atoms with Crippen molar-refractivity contribution in [3.8, 4) is 11.5 Å². The second-order valence-corrected chi connectivity index (χ2v) is 7.52. The van der Waals surface area contributed by atoms with Crippen molar-refractivity contribution in [2.45, 2.75) is 6.92 Å². The van der Waals surface area contributed by atoms with Gasteiger partial charge in [-0.05, 0) is 37.3 Å². The number of ether oxygens (including phenoxy) is 1. The first kappa shape index (κ1) is 21.1. The number of benzene rings is 2. The Morgan fingerprint density at radius 1 is 1.16 bits per heavy atom. The monoisotopic (exact) mass is 436 g/mol. The van der Waals surface area contributed by atoms with Gasteiger partial charge >= 0.3 is 0 Å². The number of carbonyl (C=O) groups excluding carboxylic acids is 2. The highest BCUT2D eigenvalue weighted by atomic mass is 19.1. The smallest absolute Gasteiger partial charge is 0.257 e. The van der Waals surface area contributed by atoms with E-state index in [2.05, 4.69) is 10.4 Å². The molecule has 32 heavy (non-hydrogen) atoms. The van der Waals surface area contributed by atoms with Crippen LogP contribution in [0.5, 0.6) is 11.5 Å². The Bertz CT molecular complexity index is 1340. The summed E-state index contributed by atoms with van der Waals surface area (Å²) in [6.07, 6.45) is 1.71. The Kier molecular flexibility index (Phi) is 5.40. The van der Waals surface area contributed by atoms with Crippen LogP contribution in [0, 0.1) is 12.7 Å². The van der Waals surface area contributed by atoms with Crippen LogP contribution in [0.15, 0.2) is 53.1 Å². The van der Waals surface area contributed by atoms with Crippen molar-refractivity contribution in [3.63, 3.8) is 0 Å². The lowest BCUT2D eigenvalue weighted by Gasteiger charge is -2.13. The molecule has 1 N–H and O–H groups in total. The Balaban J connectivity index is 1.68. The number of nitrogens with one attached hydrogen (secondary N) is 1. The third-order valence-corrected chi connectivity index (χ3v) is 4.75. The summed E-state index contributed by atoms with van der Waals surface area (Å²) in [5, 5.41) is 7.48. The number of nitrogens with zero attached hydrogens (tertiary/aromatic N) is 3. The first-order valence-corrected chi connectivity index (χ1v) is 9.75. The third kappa shape index (κ3) is 4.18. The minimum absolute atomic E-state index is 0.0601. The molecule has 2 amide bonds. The van der Waals surface area contributed by atoms with Gasteiger partial charge in [-0.15, -0.1) is 0 Å². The minimum Gasteiger partial charge on any atom is -0.461 e. The van der Waals surface area contributed by atoms with E-state index in [1.54, 1.807) is 63.2 Å². The first-order valence-electron chi connectivity index (χ1n) is 9.75. The summed E-state index contributed by atoms with van der Waals surface area (Å²) in [6.45, 7) is 1.78. The molecule has 0 aliphatic carbocycles. The number of hydrogen-bond donors (Lipinski definition) is 1. The van der Waals surface area contributed by atoms with Gasteiger partial charge in [-0.1, -0.05) is 0 Å². The zero-order valence-corrected chi connectivity index (χ0v) is 18.0. The maximum Gasteiger partial charge on any atom is 0.257 e. The van der Waals surface area contributed by atoms with Crippen LogP contribution in [-0.4, -0.2) is 40.6 Å². The van der Waals surface area contributed by atoms with Gasteiger partial charge in [0, 0.05) is 45.0 Å². The SMILES string of the molecule is Cc1cc2c(Oc3ccc(C(=O)N(C)C)c(F)c3)cc(C(=O)Nc3ccn(C)n3)cc2o1. The molecule has 0 spiro atoms. The predicted octanol–water partition coefficient (Wildman–Crippen LogP) is 4.36. The maximum absolute atomic E-state index is 14.5. The summed E-state index contributed by atoms with van der Waals surface area (Å²) < 4.78 is 27.7. The number of amides is 2. The average Bonchev–Trinajstić information content (AvgIpc) is 3.31. The Morgan fingerprint density at radius 2 is 1.94 bits per heavy atom. The van der Waals surface area contributed by atoms with Crippen LogP contribution >= 0.6 is 0 Å². The van der Waals surface area contributed by atoms with E-state index in [1.165, 1.54) is 17.0 Å². The van der Waals surface area contributed by atoms with Crippen molar-refractivity contribution >= 4 is 28.6 Å². The van der Waals surface area contributed by atoms with Crippen LogP contribution in [0.1, 0.15) is 26.5 Å². The highest BCUT2D eigenvalue weighted by Gasteiger charge is 2.18. The van der Waals surface area contributed by atoms with Crippen molar-refractivity contribution in [3.05, 3.63) is 71.4 Å². The van der Waals surface area contributed by atoms with E-state index in [0.717, 1.165) is 6.07 Å². The molecule has 0 radical (unpaired) electrons. The lowest BCUT2D eigenvalue weighted by molar-refractivity contribution is 0.0822. The Hall–Kier alpha value is -4.14. The normalized spacial score (nSPS) is 10.9. The van der Waals surface area contributed by atoms with E-state index >= 15 is 0 Å². The molecule has 0 aliphatic heterocycles. The fourth-order valence-electron chi connectivity index (χ4n) is 3.22. The molecular weight excluding hydrogens is 415 g/mol. The Morgan fingerprint density at radius 3 is 2.59 bits per heavy atom. The number of furan rings is 1. The molecule has 2 aromatic heterocycles. The number of halogens is 1. The van der Waals surface area contributed by atoms with E-state index in [4.69, 9.17) is 9.15 Å². The number of anilines is 1. The van der Waals surface area contributed by atoms with Crippen molar-refractivity contribution in [2.75, 3.05) is 19.4 Å². The van der Waals surface area contributed by atoms with Gasteiger partial charge in [0.25, 0.3) is 11.8 Å². The van der Waals surface area contributed by atoms with Gasteiger partial charge in [0.15, 0.2) is 5.82 Å². The molecule has 0 fully saturated rings. The van der Waals surface area contributed by atoms with Crippen LogP contribution in [0.4, 0.5) is 10.2 Å². The van der Waals surface area contributed by atoms with Crippen LogP contribution in [0.25, 0.3) is 11.0 Å². The highest BCUT2D eigenvalue weighted by Crippen LogP contribution is 2.34. The number of aromatic nitrogens is 2. The van der Waals surface area contributed by atoms with E-state index in [9.17, 15) is 14.0 Å². The molecule has 0 saturated heterocycles. The van der Waals surface area contributed by atoms with Gasteiger partial charge in [-0.25, -0.2) is 4.39 Å². The third-order valence-electron chi connectivity index (χ3n) is 4.75. The molecule has 0 unspecified atom stereocenters. The molecule has 0 bridgehead atoms. The molecule has 8 nitrogen and oxygen atoms in total. The first-order chi connectivity index (χ1) is 15.2. The van der Waals surface area contributed by atoms with Crippen LogP contribution < -0.4 is 10.1 Å². The quantitative estimate of drug-likeness (QED) is 0.502. The van der Waals surface area contributed by atoms with E-state index < -0.39 is 17.6 Å². The fraction of sp³-hybridized carbons (Fsp3) is 0.174. The second-order valence-electron chi connectivity index (χ2n) is 7.52. The lowest BCUT2D eigenvalue weighted by Crippen LogP contribution is -2.22. The van der Waals surface area contributed by atoms with Gasteiger partial charge < -0.3 is 19.4 Å². The number of rotatable bonds is 5. The minimum atomic E-state index is -0.704. The van der Waals surface area contributed by atoms with E-state index in [-0.39, 0.29) is 16.9 Å². The molecule has 0 atom stereocenters. The van der Waals surface area contributed by atoms with Crippen molar-refractivity contribution < 1.29 is 23.1 Å². The molecule has 4 aromatic rings. The maximum atomic E-state index is 14.5. The largest absolute Gasteiger partial charge is 0.461 e. The van der Waals surface area contributed by atoms with E-state index in [1.807, 2.05) is 0 Å². The summed E-state index contributed by atoms with van der Waals surface area (Å²) in [6, 6.07) is 10.6. The predicted molar refractivity (Wildman–Crippen MR) is 117 cm³/mol. The van der Waals surface area contributed by atoms with Gasteiger partial charge in [0.1, 0.15) is 28.7 Å². The summed E-state index contributed by atoms with van der Waals surface area (Å²) in [5.41, 5.74) is 0.675. The van der Waals surface area contributed by atoms with Gasteiger partial charge in [0.05, 0.1) is 10.9 Å². The second kappa shape index (κ2) is 8.18.